The van der Waals surface area contributed by atoms with Crippen molar-refractivity contribution < 1.29 is 18.7 Å². The van der Waals surface area contributed by atoms with E-state index in [1.807, 2.05) is 0 Å². The molecule has 2 N–H and O–H groups in total. The number of furan rings is 1. The average molecular weight is 294 g/mol. The summed E-state index contributed by atoms with van der Waals surface area (Å²) >= 11 is 0. The monoisotopic (exact) mass is 294 g/mol. The van der Waals surface area contributed by atoms with Crippen LogP contribution in [0.15, 0.2) is 10.5 Å². The first kappa shape index (κ1) is 15.6. The summed E-state index contributed by atoms with van der Waals surface area (Å²) in [6.45, 7) is 4.94. The van der Waals surface area contributed by atoms with Crippen LogP contribution >= 0.6 is 0 Å². The molecule has 0 bridgehead atoms. The normalized spacial score (nSPS) is 21.9. The van der Waals surface area contributed by atoms with Gasteiger partial charge >= 0.3 is 5.97 Å². The largest absolute Gasteiger partial charge is 0.465 e. The summed E-state index contributed by atoms with van der Waals surface area (Å²) in [6.07, 6.45) is 1.69. The predicted octanol–water partition coefficient (Wildman–Crippen LogP) is 1.38. The minimum atomic E-state index is -0.430. The highest BCUT2D eigenvalue weighted by Crippen LogP contribution is 2.18. The molecule has 0 unspecified atom stereocenters. The molecule has 6 nitrogen and oxygen atoms in total. The molecule has 0 aromatic carbocycles. The van der Waals surface area contributed by atoms with Gasteiger partial charge in [-0.1, -0.05) is 0 Å². The van der Waals surface area contributed by atoms with Crippen LogP contribution in [0.3, 0.4) is 0 Å². The number of ether oxygens (including phenoxy) is 1. The van der Waals surface area contributed by atoms with Crippen molar-refractivity contribution in [1.82, 2.24) is 10.6 Å². The maximum atomic E-state index is 12.1. The third kappa shape index (κ3) is 3.85. The van der Waals surface area contributed by atoms with Crippen molar-refractivity contribution in [3.05, 3.63) is 23.2 Å². The van der Waals surface area contributed by atoms with Crippen molar-refractivity contribution in [3.63, 3.8) is 0 Å². The molecule has 1 fully saturated rings. The van der Waals surface area contributed by atoms with Crippen LogP contribution in [0, 0.1) is 12.8 Å². The maximum Gasteiger partial charge on any atom is 0.341 e. The summed E-state index contributed by atoms with van der Waals surface area (Å²) < 4.78 is 10.1. The van der Waals surface area contributed by atoms with Gasteiger partial charge < -0.3 is 19.8 Å². The molecule has 0 aliphatic carbocycles. The number of amides is 1. The molecule has 116 valence electrons. The summed E-state index contributed by atoms with van der Waals surface area (Å²) in [6, 6.07) is 1.98. The van der Waals surface area contributed by atoms with E-state index in [0.717, 1.165) is 19.4 Å². The Morgan fingerprint density at radius 1 is 1.52 bits per heavy atom. The van der Waals surface area contributed by atoms with Gasteiger partial charge in [-0.2, -0.15) is 0 Å². The fourth-order valence-electron chi connectivity index (χ4n) is 2.63. The number of hydrogen-bond donors (Lipinski definition) is 2. The molecule has 2 heterocycles. The van der Waals surface area contributed by atoms with Crippen LogP contribution in [-0.4, -0.2) is 31.6 Å². The number of piperidine rings is 1. The number of carbonyl (C=O) groups excluding carboxylic acids is 2. The zero-order valence-electron chi connectivity index (χ0n) is 12.7. The van der Waals surface area contributed by atoms with Crippen LogP contribution < -0.4 is 10.6 Å². The predicted molar refractivity (Wildman–Crippen MR) is 76.8 cm³/mol. The van der Waals surface area contributed by atoms with E-state index >= 15 is 0 Å². The van der Waals surface area contributed by atoms with E-state index in [2.05, 4.69) is 22.3 Å². The van der Waals surface area contributed by atoms with Crippen molar-refractivity contribution in [2.45, 2.75) is 39.3 Å². The summed E-state index contributed by atoms with van der Waals surface area (Å²) in [7, 11) is 1.33. The van der Waals surface area contributed by atoms with Crippen molar-refractivity contribution in [1.29, 1.82) is 0 Å². The number of methoxy groups -OCH3 is 1. The lowest BCUT2D eigenvalue weighted by Crippen LogP contribution is -2.42. The lowest BCUT2D eigenvalue weighted by molar-refractivity contribution is -0.126. The first-order valence-electron chi connectivity index (χ1n) is 7.20. The summed E-state index contributed by atoms with van der Waals surface area (Å²) in [5, 5.41) is 6.19. The van der Waals surface area contributed by atoms with E-state index in [-0.39, 0.29) is 18.4 Å². The number of rotatable bonds is 4. The molecule has 2 atom stereocenters. The molecule has 2 rings (SSSR count). The highest BCUT2D eigenvalue weighted by atomic mass is 16.5. The molecule has 1 aromatic rings. The molecule has 6 heteroatoms. The summed E-state index contributed by atoms with van der Waals surface area (Å²) in [5.41, 5.74) is 0.400. The summed E-state index contributed by atoms with van der Waals surface area (Å²) in [4.78, 5) is 23.6. The Labute approximate surface area is 124 Å². The Morgan fingerprint density at radius 2 is 2.29 bits per heavy atom. The quantitative estimate of drug-likeness (QED) is 0.820. The lowest BCUT2D eigenvalue weighted by Gasteiger charge is -2.26. The highest BCUT2D eigenvalue weighted by molar-refractivity contribution is 5.90. The molecule has 21 heavy (non-hydrogen) atoms. The van der Waals surface area contributed by atoms with E-state index in [9.17, 15) is 9.59 Å². The van der Waals surface area contributed by atoms with Crippen LogP contribution in [0.5, 0.6) is 0 Å². The second kappa shape index (κ2) is 6.76. The van der Waals surface area contributed by atoms with E-state index in [0.29, 0.717) is 23.1 Å². The van der Waals surface area contributed by atoms with Gasteiger partial charge in [0.25, 0.3) is 0 Å². The number of esters is 1. The number of nitrogens with one attached hydrogen (secondary N) is 2. The minimum absolute atomic E-state index is 0.0389. The number of aryl methyl sites for hydroxylation is 1. The summed E-state index contributed by atoms with van der Waals surface area (Å²) in [5.74, 6) is 0.709. The average Bonchev–Trinajstić information content (AvgIpc) is 2.85. The molecule has 0 spiro atoms. The minimum Gasteiger partial charge on any atom is -0.465 e. The van der Waals surface area contributed by atoms with Crippen molar-refractivity contribution in [2.75, 3.05) is 13.7 Å². The second-order valence-electron chi connectivity index (χ2n) is 5.47. The van der Waals surface area contributed by atoms with Crippen LogP contribution in [0.4, 0.5) is 0 Å². The molecule has 1 aliphatic heterocycles. The number of carbonyl (C=O) groups is 2. The fourth-order valence-corrected chi connectivity index (χ4v) is 2.63. The molecule has 0 radical (unpaired) electrons. The number of hydrogen-bond acceptors (Lipinski definition) is 5. The first-order chi connectivity index (χ1) is 10.0. The van der Waals surface area contributed by atoms with Gasteiger partial charge in [-0.3, -0.25) is 4.79 Å². The van der Waals surface area contributed by atoms with Crippen LogP contribution in [-0.2, 0) is 16.1 Å². The zero-order chi connectivity index (χ0) is 15.4. The topological polar surface area (TPSA) is 80.6 Å². The molecule has 1 amide bonds. The van der Waals surface area contributed by atoms with E-state index < -0.39 is 5.97 Å². The Balaban J connectivity index is 1.91. The van der Waals surface area contributed by atoms with Crippen LogP contribution in [0.25, 0.3) is 0 Å². The molecule has 1 aliphatic rings. The fraction of sp³-hybridized carbons (Fsp3) is 0.600. The molecule has 1 aromatic heterocycles. The van der Waals surface area contributed by atoms with Gasteiger partial charge in [0, 0.05) is 12.0 Å². The van der Waals surface area contributed by atoms with Gasteiger partial charge in [-0.15, -0.1) is 0 Å². The van der Waals surface area contributed by atoms with Gasteiger partial charge in [-0.05, 0) is 39.3 Å². The third-order valence-electron chi connectivity index (χ3n) is 3.81. The SMILES string of the molecule is COC(=O)c1cc(CNC(=O)[C@H]2CCN[C@@H](C)C2)oc1C. The van der Waals surface area contributed by atoms with Crippen molar-refractivity contribution in [2.24, 2.45) is 5.92 Å². The standard InChI is InChI=1S/C15H22N2O4/c1-9-6-11(4-5-16-9)14(18)17-8-12-7-13(10(2)21-12)15(19)20-3/h7,9,11,16H,4-6,8H2,1-3H3,(H,17,18)/t9-,11-/m0/s1. The van der Waals surface area contributed by atoms with Gasteiger partial charge in [0.05, 0.1) is 13.7 Å². The van der Waals surface area contributed by atoms with Gasteiger partial charge in [0.1, 0.15) is 17.1 Å². The van der Waals surface area contributed by atoms with Crippen LogP contribution in [0.2, 0.25) is 0 Å². The van der Waals surface area contributed by atoms with Crippen molar-refractivity contribution >= 4 is 11.9 Å². The zero-order valence-corrected chi connectivity index (χ0v) is 12.7. The maximum absolute atomic E-state index is 12.1. The molecular formula is C15H22N2O4. The Bertz CT molecular complexity index is 524. The molecular weight excluding hydrogens is 272 g/mol. The highest BCUT2D eigenvalue weighted by Gasteiger charge is 2.24. The van der Waals surface area contributed by atoms with E-state index in [1.165, 1.54) is 7.11 Å². The van der Waals surface area contributed by atoms with Crippen molar-refractivity contribution in [3.8, 4) is 0 Å². The second-order valence-corrected chi connectivity index (χ2v) is 5.47. The Kier molecular flexibility index (Phi) is 5.01. The third-order valence-corrected chi connectivity index (χ3v) is 3.81. The Hall–Kier alpha value is -1.82. The van der Waals surface area contributed by atoms with Gasteiger partial charge in [0.15, 0.2) is 0 Å². The van der Waals surface area contributed by atoms with Gasteiger partial charge in [-0.25, -0.2) is 4.79 Å². The molecule has 0 saturated carbocycles. The van der Waals surface area contributed by atoms with E-state index in [1.54, 1.807) is 13.0 Å². The molecule has 1 saturated heterocycles. The first-order valence-corrected chi connectivity index (χ1v) is 7.20. The lowest BCUT2D eigenvalue weighted by atomic mass is 9.92. The smallest absolute Gasteiger partial charge is 0.341 e. The Morgan fingerprint density at radius 3 is 2.95 bits per heavy atom. The van der Waals surface area contributed by atoms with Crippen LogP contribution in [0.1, 0.15) is 41.6 Å². The van der Waals surface area contributed by atoms with Gasteiger partial charge in [0.2, 0.25) is 5.91 Å². The van der Waals surface area contributed by atoms with E-state index in [4.69, 9.17) is 4.42 Å².